The molecule has 1 N–H and O–H groups in total. The molecular formula is C15H30N2O2. The van der Waals surface area contributed by atoms with Gasteiger partial charge in [-0.05, 0) is 39.8 Å². The van der Waals surface area contributed by atoms with E-state index in [9.17, 15) is 0 Å². The van der Waals surface area contributed by atoms with Gasteiger partial charge in [-0.3, -0.25) is 4.90 Å². The summed E-state index contributed by atoms with van der Waals surface area (Å²) in [5, 5.41) is 3.72. The van der Waals surface area contributed by atoms with Crippen LogP contribution in [0.1, 0.15) is 33.1 Å². The number of nitrogens with zero attached hydrogens (tertiary/aromatic N) is 1. The highest BCUT2D eigenvalue weighted by molar-refractivity contribution is 4.86. The molecule has 2 aliphatic rings. The predicted octanol–water partition coefficient (Wildman–Crippen LogP) is 1.50. The molecule has 0 aromatic carbocycles. The SMILES string of the molecule is CCCNC(CN(C)C1CCOC1C)C1CCOC1. The van der Waals surface area contributed by atoms with Gasteiger partial charge in [0.1, 0.15) is 0 Å². The average molecular weight is 270 g/mol. The maximum absolute atomic E-state index is 5.69. The first kappa shape index (κ1) is 15.2. The molecule has 4 nitrogen and oxygen atoms in total. The molecule has 2 aliphatic heterocycles. The Kier molecular flexibility index (Phi) is 6.07. The summed E-state index contributed by atoms with van der Waals surface area (Å²) >= 11 is 0. The first-order valence-electron chi connectivity index (χ1n) is 7.85. The summed E-state index contributed by atoms with van der Waals surface area (Å²) in [6.45, 7) is 9.40. The maximum atomic E-state index is 5.69. The van der Waals surface area contributed by atoms with Gasteiger partial charge in [-0.15, -0.1) is 0 Å². The Labute approximate surface area is 117 Å². The smallest absolute Gasteiger partial charge is 0.0702 e. The van der Waals surface area contributed by atoms with Crippen LogP contribution >= 0.6 is 0 Å². The molecule has 0 aliphatic carbocycles. The van der Waals surface area contributed by atoms with Gasteiger partial charge in [-0.25, -0.2) is 0 Å². The van der Waals surface area contributed by atoms with Crippen LogP contribution in [0.25, 0.3) is 0 Å². The van der Waals surface area contributed by atoms with Gasteiger partial charge in [0, 0.05) is 37.8 Å². The van der Waals surface area contributed by atoms with Crippen LogP contribution in [-0.2, 0) is 9.47 Å². The summed E-state index contributed by atoms with van der Waals surface area (Å²) in [6.07, 6.45) is 3.93. The van der Waals surface area contributed by atoms with Crippen molar-refractivity contribution < 1.29 is 9.47 Å². The first-order chi connectivity index (χ1) is 9.22. The Balaban J connectivity index is 1.86. The van der Waals surface area contributed by atoms with Gasteiger partial charge < -0.3 is 14.8 Å². The van der Waals surface area contributed by atoms with E-state index in [-0.39, 0.29) is 0 Å². The monoisotopic (exact) mass is 270 g/mol. The standard InChI is InChI=1S/C15H30N2O2/c1-4-7-16-14(13-5-8-18-11-13)10-17(3)15-6-9-19-12(15)2/h12-16H,4-11H2,1-3H3. The summed E-state index contributed by atoms with van der Waals surface area (Å²) in [5.74, 6) is 0.673. The van der Waals surface area contributed by atoms with Crippen LogP contribution in [0.4, 0.5) is 0 Å². The average Bonchev–Trinajstić information content (AvgIpc) is 3.05. The van der Waals surface area contributed by atoms with Gasteiger partial charge in [-0.1, -0.05) is 6.92 Å². The van der Waals surface area contributed by atoms with E-state index in [0.717, 1.165) is 32.9 Å². The highest BCUT2D eigenvalue weighted by Gasteiger charge is 2.32. The van der Waals surface area contributed by atoms with Gasteiger partial charge >= 0.3 is 0 Å². The molecule has 4 atom stereocenters. The Morgan fingerprint density at radius 3 is 2.74 bits per heavy atom. The fraction of sp³-hybridized carbons (Fsp3) is 1.00. The third-order valence-electron chi connectivity index (χ3n) is 4.58. The summed E-state index contributed by atoms with van der Waals surface area (Å²) in [5.41, 5.74) is 0. The molecule has 0 spiro atoms. The van der Waals surface area contributed by atoms with Crippen LogP contribution < -0.4 is 5.32 Å². The minimum atomic E-state index is 0.372. The van der Waals surface area contributed by atoms with Crippen molar-refractivity contribution in [2.75, 3.05) is 40.0 Å². The fourth-order valence-electron chi connectivity index (χ4n) is 3.32. The Morgan fingerprint density at radius 1 is 1.32 bits per heavy atom. The zero-order valence-electron chi connectivity index (χ0n) is 12.7. The van der Waals surface area contributed by atoms with Crippen LogP contribution in [0, 0.1) is 5.92 Å². The molecule has 4 heteroatoms. The lowest BCUT2D eigenvalue weighted by atomic mass is 9.97. The molecule has 2 rings (SSSR count). The molecule has 0 aromatic heterocycles. The molecule has 4 unspecified atom stereocenters. The van der Waals surface area contributed by atoms with E-state index >= 15 is 0 Å². The Bertz CT molecular complexity index is 257. The minimum absolute atomic E-state index is 0.372. The molecule has 0 aromatic rings. The summed E-state index contributed by atoms with van der Waals surface area (Å²) in [6, 6.07) is 1.13. The number of rotatable bonds is 7. The van der Waals surface area contributed by atoms with Crippen molar-refractivity contribution in [2.24, 2.45) is 5.92 Å². The molecule has 19 heavy (non-hydrogen) atoms. The quantitative estimate of drug-likeness (QED) is 0.760. The number of ether oxygens (including phenoxy) is 2. The van der Waals surface area contributed by atoms with Crippen molar-refractivity contribution in [1.82, 2.24) is 10.2 Å². The van der Waals surface area contributed by atoms with Crippen molar-refractivity contribution in [2.45, 2.75) is 51.3 Å². The molecular weight excluding hydrogens is 240 g/mol. The second kappa shape index (κ2) is 7.58. The van der Waals surface area contributed by atoms with E-state index in [1.165, 1.54) is 19.3 Å². The lowest BCUT2D eigenvalue weighted by Gasteiger charge is -2.33. The van der Waals surface area contributed by atoms with E-state index in [1.807, 2.05) is 0 Å². The van der Waals surface area contributed by atoms with Crippen molar-refractivity contribution in [3.8, 4) is 0 Å². The van der Waals surface area contributed by atoms with E-state index in [2.05, 4.69) is 31.1 Å². The lowest BCUT2D eigenvalue weighted by Crippen LogP contribution is -2.49. The second-order valence-corrected chi connectivity index (χ2v) is 6.06. The van der Waals surface area contributed by atoms with Crippen LogP contribution in [0.5, 0.6) is 0 Å². The summed E-state index contributed by atoms with van der Waals surface area (Å²) < 4.78 is 11.3. The van der Waals surface area contributed by atoms with Crippen LogP contribution in [0.3, 0.4) is 0 Å². The fourth-order valence-corrected chi connectivity index (χ4v) is 3.32. The molecule has 0 amide bonds. The molecule has 2 saturated heterocycles. The van der Waals surface area contributed by atoms with E-state index in [0.29, 0.717) is 24.1 Å². The Hall–Kier alpha value is -0.160. The van der Waals surface area contributed by atoms with Gasteiger partial charge in [0.05, 0.1) is 12.7 Å². The van der Waals surface area contributed by atoms with Crippen molar-refractivity contribution in [3.63, 3.8) is 0 Å². The normalized spacial score (nSPS) is 33.2. The third-order valence-corrected chi connectivity index (χ3v) is 4.58. The molecule has 0 radical (unpaired) electrons. The largest absolute Gasteiger partial charge is 0.381 e. The summed E-state index contributed by atoms with van der Waals surface area (Å²) in [4.78, 5) is 2.49. The van der Waals surface area contributed by atoms with Crippen LogP contribution in [-0.4, -0.2) is 63.0 Å². The van der Waals surface area contributed by atoms with Crippen LogP contribution in [0.2, 0.25) is 0 Å². The highest BCUT2D eigenvalue weighted by Crippen LogP contribution is 2.22. The molecule has 0 saturated carbocycles. The molecule has 2 fully saturated rings. The number of nitrogens with one attached hydrogen (secondary N) is 1. The lowest BCUT2D eigenvalue weighted by molar-refractivity contribution is 0.0760. The number of likely N-dealkylation sites (N-methyl/N-ethyl adjacent to an activating group) is 1. The minimum Gasteiger partial charge on any atom is -0.381 e. The molecule has 0 bridgehead atoms. The number of hydrogen-bond donors (Lipinski definition) is 1. The van der Waals surface area contributed by atoms with E-state index in [4.69, 9.17) is 9.47 Å². The first-order valence-corrected chi connectivity index (χ1v) is 7.85. The third kappa shape index (κ3) is 4.15. The van der Waals surface area contributed by atoms with Crippen molar-refractivity contribution >= 4 is 0 Å². The van der Waals surface area contributed by atoms with Crippen molar-refractivity contribution in [1.29, 1.82) is 0 Å². The molecule has 2 heterocycles. The Morgan fingerprint density at radius 2 is 2.16 bits per heavy atom. The highest BCUT2D eigenvalue weighted by atomic mass is 16.5. The van der Waals surface area contributed by atoms with Gasteiger partial charge in [-0.2, -0.15) is 0 Å². The molecule has 112 valence electrons. The van der Waals surface area contributed by atoms with E-state index < -0.39 is 0 Å². The number of hydrogen-bond acceptors (Lipinski definition) is 4. The zero-order chi connectivity index (χ0) is 13.7. The topological polar surface area (TPSA) is 33.7 Å². The summed E-state index contributed by atoms with van der Waals surface area (Å²) in [7, 11) is 2.24. The van der Waals surface area contributed by atoms with E-state index in [1.54, 1.807) is 0 Å². The van der Waals surface area contributed by atoms with Gasteiger partial charge in [0.15, 0.2) is 0 Å². The van der Waals surface area contributed by atoms with Gasteiger partial charge in [0.2, 0.25) is 0 Å². The predicted molar refractivity (Wildman–Crippen MR) is 77.5 cm³/mol. The van der Waals surface area contributed by atoms with Crippen molar-refractivity contribution in [3.05, 3.63) is 0 Å². The van der Waals surface area contributed by atoms with Gasteiger partial charge in [0.25, 0.3) is 0 Å². The van der Waals surface area contributed by atoms with Crippen LogP contribution in [0.15, 0.2) is 0 Å². The zero-order valence-corrected chi connectivity index (χ0v) is 12.7. The maximum Gasteiger partial charge on any atom is 0.0702 e. The second-order valence-electron chi connectivity index (χ2n) is 6.06.